The number of hydrogen-bond donors (Lipinski definition) is 2. The second kappa shape index (κ2) is 10.5. The predicted molar refractivity (Wildman–Crippen MR) is 131 cm³/mol. The number of aromatic amines is 1. The van der Waals surface area contributed by atoms with E-state index in [-0.39, 0.29) is 29.9 Å². The lowest BCUT2D eigenvalue weighted by Crippen LogP contribution is -2.42. The van der Waals surface area contributed by atoms with Gasteiger partial charge in [0.15, 0.2) is 5.69 Å². The summed E-state index contributed by atoms with van der Waals surface area (Å²) in [5, 5.41) is 0. The smallest absolute Gasteiger partial charge is 0.330 e. The van der Waals surface area contributed by atoms with Crippen molar-refractivity contribution < 1.29 is 4.79 Å². The van der Waals surface area contributed by atoms with Crippen molar-refractivity contribution in [1.82, 2.24) is 9.55 Å². The molecular formula is C26H32N4O3. The molecule has 33 heavy (non-hydrogen) atoms. The number of allylic oxidation sites excluding steroid dienone is 3. The van der Waals surface area contributed by atoms with E-state index in [1.54, 1.807) is 0 Å². The van der Waals surface area contributed by atoms with Crippen LogP contribution in [-0.4, -0.2) is 22.0 Å². The molecule has 0 bridgehead atoms. The van der Waals surface area contributed by atoms with Crippen molar-refractivity contribution in [3.05, 3.63) is 80.5 Å². The minimum Gasteiger partial charge on any atom is -0.383 e. The van der Waals surface area contributed by atoms with Crippen LogP contribution in [0.1, 0.15) is 56.9 Å². The number of carbonyl (C=O) groups excluding carboxylic acids is 1. The largest absolute Gasteiger partial charge is 0.383 e. The van der Waals surface area contributed by atoms with Gasteiger partial charge in [-0.15, -0.1) is 0 Å². The molecule has 7 nitrogen and oxygen atoms in total. The molecule has 4 rings (SSSR count). The molecule has 1 unspecified atom stereocenters. The number of nitrogen functional groups attached to an aromatic ring is 1. The number of rotatable bonds is 8. The summed E-state index contributed by atoms with van der Waals surface area (Å²) in [6.07, 6.45) is 13.8. The van der Waals surface area contributed by atoms with Gasteiger partial charge in [-0.05, 0) is 56.4 Å². The first-order valence-electron chi connectivity index (χ1n) is 11.8. The molecule has 1 atom stereocenters. The lowest BCUT2D eigenvalue weighted by molar-refractivity contribution is -0.119. The Balaban J connectivity index is 1.68. The molecule has 174 valence electrons. The van der Waals surface area contributed by atoms with Gasteiger partial charge in [0.2, 0.25) is 5.91 Å². The maximum Gasteiger partial charge on any atom is 0.330 e. The first-order valence-corrected chi connectivity index (χ1v) is 11.8. The Morgan fingerprint density at radius 3 is 2.67 bits per heavy atom. The maximum atomic E-state index is 13.4. The molecule has 7 heteroatoms. The third-order valence-electron chi connectivity index (χ3n) is 6.56. The average molecular weight is 449 g/mol. The quantitative estimate of drug-likeness (QED) is 0.601. The summed E-state index contributed by atoms with van der Waals surface area (Å²) in [5.74, 6) is 0.0648. The Morgan fingerprint density at radius 1 is 1.15 bits per heavy atom. The van der Waals surface area contributed by atoms with Crippen molar-refractivity contribution in [3.63, 3.8) is 0 Å². The van der Waals surface area contributed by atoms with Gasteiger partial charge in [0.05, 0.1) is 6.54 Å². The fourth-order valence-corrected chi connectivity index (χ4v) is 4.71. The molecule has 2 aliphatic carbocycles. The summed E-state index contributed by atoms with van der Waals surface area (Å²) >= 11 is 0. The van der Waals surface area contributed by atoms with E-state index in [1.165, 1.54) is 21.5 Å². The fourth-order valence-electron chi connectivity index (χ4n) is 4.71. The highest BCUT2D eigenvalue weighted by molar-refractivity contribution is 5.95. The highest BCUT2D eigenvalue weighted by Gasteiger charge is 2.26. The Labute approximate surface area is 193 Å². The molecule has 1 amide bonds. The van der Waals surface area contributed by atoms with Crippen molar-refractivity contribution in [2.24, 2.45) is 5.92 Å². The second-order valence-electron chi connectivity index (χ2n) is 8.94. The van der Waals surface area contributed by atoms with E-state index >= 15 is 0 Å². The van der Waals surface area contributed by atoms with E-state index in [0.29, 0.717) is 19.4 Å². The summed E-state index contributed by atoms with van der Waals surface area (Å²) < 4.78 is 1.34. The lowest BCUT2D eigenvalue weighted by Gasteiger charge is -2.26. The normalized spacial score (nSPS) is 17.7. The van der Waals surface area contributed by atoms with Crippen LogP contribution < -0.4 is 21.9 Å². The van der Waals surface area contributed by atoms with Gasteiger partial charge in [0, 0.05) is 13.0 Å². The van der Waals surface area contributed by atoms with Gasteiger partial charge in [-0.25, -0.2) is 4.79 Å². The molecule has 0 saturated carbocycles. The molecule has 0 saturated heterocycles. The topological polar surface area (TPSA) is 101 Å². The van der Waals surface area contributed by atoms with Gasteiger partial charge < -0.3 is 10.6 Å². The van der Waals surface area contributed by atoms with Gasteiger partial charge in [-0.1, -0.05) is 54.1 Å². The molecule has 3 N–H and O–H groups in total. The van der Waals surface area contributed by atoms with Gasteiger partial charge in [0.1, 0.15) is 5.82 Å². The number of hydrogen-bond acceptors (Lipinski definition) is 4. The third-order valence-corrected chi connectivity index (χ3v) is 6.56. The van der Waals surface area contributed by atoms with Crippen LogP contribution in [0.4, 0.5) is 11.5 Å². The second-order valence-corrected chi connectivity index (χ2v) is 8.94. The number of H-pyrrole nitrogens is 1. The predicted octanol–water partition coefficient (Wildman–Crippen LogP) is 3.75. The van der Waals surface area contributed by atoms with Gasteiger partial charge in [-0.2, -0.15) is 0 Å². The molecule has 0 aliphatic heterocycles. The first-order chi connectivity index (χ1) is 16.0. The Kier molecular flexibility index (Phi) is 7.27. The van der Waals surface area contributed by atoms with E-state index in [0.717, 1.165) is 37.7 Å². The van der Waals surface area contributed by atoms with E-state index in [1.807, 2.05) is 30.3 Å². The standard InChI is InChI=1S/C26H32N4O3/c27-24-23(25(32)28-26(33)30(24)18-21-13-5-2-6-14-21)29(16-15-19-9-3-1-4-10-19)22(31)17-20-11-7-8-12-20/h2,5-7,9,11,13-14,20H,1,3-4,8,10,12,15-18,27H2,(H,28,32,33). The molecule has 2 aliphatic rings. The van der Waals surface area contributed by atoms with E-state index in [9.17, 15) is 14.4 Å². The van der Waals surface area contributed by atoms with Gasteiger partial charge in [-0.3, -0.25) is 19.1 Å². The minimum atomic E-state index is -0.616. The highest BCUT2D eigenvalue weighted by atomic mass is 16.2. The molecular weight excluding hydrogens is 416 g/mol. The van der Waals surface area contributed by atoms with Crippen LogP contribution in [0.2, 0.25) is 0 Å². The minimum absolute atomic E-state index is 0.0283. The number of amides is 1. The number of anilines is 2. The van der Waals surface area contributed by atoms with Crippen molar-refractivity contribution in [2.45, 2.75) is 57.9 Å². The summed E-state index contributed by atoms with van der Waals surface area (Å²) in [7, 11) is 0. The summed E-state index contributed by atoms with van der Waals surface area (Å²) in [5.41, 5.74) is 7.49. The van der Waals surface area contributed by atoms with Crippen LogP contribution in [0.3, 0.4) is 0 Å². The number of benzene rings is 1. The van der Waals surface area contributed by atoms with Crippen LogP contribution >= 0.6 is 0 Å². The summed E-state index contributed by atoms with van der Waals surface area (Å²) in [4.78, 5) is 42.8. The van der Waals surface area contributed by atoms with Gasteiger partial charge >= 0.3 is 5.69 Å². The van der Waals surface area contributed by atoms with Crippen LogP contribution in [0, 0.1) is 5.92 Å². The number of aromatic nitrogens is 2. The lowest BCUT2D eigenvalue weighted by atomic mass is 9.97. The van der Waals surface area contributed by atoms with Crippen LogP contribution in [0.5, 0.6) is 0 Å². The van der Waals surface area contributed by atoms with Gasteiger partial charge in [0.25, 0.3) is 5.56 Å². The molecule has 1 aromatic heterocycles. The van der Waals surface area contributed by atoms with E-state index in [4.69, 9.17) is 5.73 Å². The Bertz CT molecular complexity index is 1160. The molecule has 0 fully saturated rings. The van der Waals surface area contributed by atoms with E-state index < -0.39 is 11.2 Å². The zero-order chi connectivity index (χ0) is 23.2. The van der Waals surface area contributed by atoms with Crippen molar-refractivity contribution in [3.8, 4) is 0 Å². The van der Waals surface area contributed by atoms with Crippen molar-refractivity contribution >= 4 is 17.4 Å². The van der Waals surface area contributed by atoms with Crippen molar-refractivity contribution in [2.75, 3.05) is 17.2 Å². The number of nitrogens with two attached hydrogens (primary N) is 1. The average Bonchev–Trinajstić information content (AvgIpc) is 3.33. The fraction of sp³-hybridized carbons (Fsp3) is 0.423. The molecule has 0 radical (unpaired) electrons. The number of nitrogens with zero attached hydrogens (tertiary/aromatic N) is 2. The van der Waals surface area contributed by atoms with Crippen LogP contribution in [0.25, 0.3) is 0 Å². The Hall–Kier alpha value is -3.35. The maximum absolute atomic E-state index is 13.4. The summed E-state index contributed by atoms with van der Waals surface area (Å²) in [6, 6.07) is 9.44. The third kappa shape index (κ3) is 5.53. The van der Waals surface area contributed by atoms with Crippen molar-refractivity contribution in [1.29, 1.82) is 0 Å². The molecule has 0 spiro atoms. The number of carbonyl (C=O) groups is 1. The van der Waals surface area contributed by atoms with Crippen LogP contribution in [-0.2, 0) is 11.3 Å². The van der Waals surface area contributed by atoms with Crippen LogP contribution in [0.15, 0.2) is 63.7 Å². The SMILES string of the molecule is Nc1c(N(CCC2=CCCCC2)C(=O)CC2C=CCC2)c(=O)[nH]c(=O)n1Cc1ccccc1. The monoisotopic (exact) mass is 448 g/mol. The molecule has 1 heterocycles. The first kappa shape index (κ1) is 22.8. The molecule has 2 aromatic rings. The zero-order valence-electron chi connectivity index (χ0n) is 19.0. The Morgan fingerprint density at radius 2 is 1.97 bits per heavy atom. The molecule has 1 aromatic carbocycles. The summed E-state index contributed by atoms with van der Waals surface area (Å²) in [6.45, 7) is 0.589. The number of nitrogens with one attached hydrogen (secondary N) is 1. The highest BCUT2D eigenvalue weighted by Crippen LogP contribution is 2.26. The zero-order valence-corrected chi connectivity index (χ0v) is 19.0. The van der Waals surface area contributed by atoms with E-state index in [2.05, 4.69) is 23.2 Å².